The van der Waals surface area contributed by atoms with E-state index in [1.165, 1.54) is 5.56 Å². The van der Waals surface area contributed by atoms with Gasteiger partial charge in [0.25, 0.3) is 0 Å². The van der Waals surface area contributed by atoms with Gasteiger partial charge < -0.3 is 0 Å². The van der Waals surface area contributed by atoms with E-state index in [2.05, 4.69) is 54.0 Å². The number of rotatable bonds is 4. The third-order valence-electron chi connectivity index (χ3n) is 3.65. The molecule has 3 heteroatoms. The number of hydrogen-bond donors (Lipinski definition) is 0. The van der Waals surface area contributed by atoms with Crippen LogP contribution in [0.25, 0.3) is 0 Å². The number of benzene rings is 2. The average molecular weight is 372 g/mol. The summed E-state index contributed by atoms with van der Waals surface area (Å²) >= 11 is 16.2. The van der Waals surface area contributed by atoms with Gasteiger partial charge in [-0.1, -0.05) is 71.7 Å². The van der Waals surface area contributed by atoms with Gasteiger partial charge in [0.1, 0.15) is 0 Å². The van der Waals surface area contributed by atoms with Gasteiger partial charge in [-0.25, -0.2) is 0 Å². The highest BCUT2D eigenvalue weighted by atomic mass is 79.9. The van der Waals surface area contributed by atoms with Gasteiger partial charge in [0.15, 0.2) is 0 Å². The summed E-state index contributed by atoms with van der Waals surface area (Å²) in [7, 11) is 0. The molecule has 2 rings (SSSR count). The summed E-state index contributed by atoms with van der Waals surface area (Å²) in [5.41, 5.74) is 3.36. The van der Waals surface area contributed by atoms with Gasteiger partial charge >= 0.3 is 0 Å². The summed E-state index contributed by atoms with van der Waals surface area (Å²) in [4.78, 5) is 0. The van der Waals surface area contributed by atoms with Crippen molar-refractivity contribution in [1.29, 1.82) is 0 Å². The summed E-state index contributed by atoms with van der Waals surface area (Å²) in [5, 5.41) is 0.465. The minimum atomic E-state index is -0.221. The molecule has 2 atom stereocenters. The molecule has 0 spiro atoms. The van der Waals surface area contributed by atoms with Crippen molar-refractivity contribution in [2.45, 2.75) is 31.6 Å². The van der Waals surface area contributed by atoms with Crippen LogP contribution in [0, 0.1) is 0 Å². The molecule has 2 unspecified atom stereocenters. The van der Waals surface area contributed by atoms with Crippen LogP contribution < -0.4 is 0 Å². The first kappa shape index (κ1) is 15.9. The van der Waals surface area contributed by atoms with Crippen LogP contribution in [-0.2, 0) is 0 Å². The Morgan fingerprint density at radius 2 is 1.65 bits per heavy atom. The number of alkyl halides is 1. The fourth-order valence-corrected chi connectivity index (χ4v) is 3.29. The smallest absolute Gasteiger partial charge is 0.0849 e. The van der Waals surface area contributed by atoms with Gasteiger partial charge in [-0.05, 0) is 41.2 Å². The van der Waals surface area contributed by atoms with Gasteiger partial charge in [-0.3, -0.25) is 0 Å². The summed E-state index contributed by atoms with van der Waals surface area (Å²) in [5.74, 6) is 0.578. The van der Waals surface area contributed by atoms with E-state index < -0.39 is 0 Å². The first-order valence-corrected chi connectivity index (χ1v) is 8.32. The second kappa shape index (κ2) is 6.98. The summed E-state index contributed by atoms with van der Waals surface area (Å²) < 4.78 is 0.960. The molecule has 0 saturated carbocycles. The molecule has 106 valence electrons. The van der Waals surface area contributed by atoms with Gasteiger partial charge in [0.2, 0.25) is 0 Å². The van der Waals surface area contributed by atoms with Crippen molar-refractivity contribution in [3.63, 3.8) is 0 Å². The topological polar surface area (TPSA) is 0 Å². The average Bonchev–Trinajstić information content (AvgIpc) is 2.46. The van der Waals surface area contributed by atoms with Crippen LogP contribution in [0.5, 0.6) is 0 Å². The highest BCUT2D eigenvalue weighted by Crippen LogP contribution is 2.35. The van der Waals surface area contributed by atoms with E-state index in [0.29, 0.717) is 10.9 Å². The van der Waals surface area contributed by atoms with Crippen LogP contribution in [0.2, 0.25) is 5.02 Å². The van der Waals surface area contributed by atoms with Crippen LogP contribution in [0.3, 0.4) is 0 Å². The molecule has 0 aliphatic carbocycles. The quantitative estimate of drug-likeness (QED) is 0.510. The van der Waals surface area contributed by atoms with E-state index in [4.69, 9.17) is 23.2 Å². The highest BCUT2D eigenvalue weighted by molar-refractivity contribution is 9.10. The minimum Gasteiger partial charge on any atom is -0.113 e. The maximum Gasteiger partial charge on any atom is 0.0849 e. The van der Waals surface area contributed by atoms with E-state index in [-0.39, 0.29) is 5.38 Å². The Morgan fingerprint density at radius 3 is 2.20 bits per heavy atom. The molecule has 2 aromatic rings. The van der Waals surface area contributed by atoms with Gasteiger partial charge in [-0.15, -0.1) is 11.6 Å². The molecule has 0 aliphatic rings. The van der Waals surface area contributed by atoms with Gasteiger partial charge in [-0.2, -0.15) is 0 Å². The normalized spacial score (nSPS) is 14.1. The second-order valence-corrected chi connectivity index (χ2v) is 6.76. The lowest BCUT2D eigenvalue weighted by atomic mass is 9.96. The Morgan fingerprint density at radius 1 is 1.05 bits per heavy atom. The molecule has 0 N–H and O–H groups in total. The van der Waals surface area contributed by atoms with Crippen molar-refractivity contribution >= 4 is 39.1 Å². The lowest BCUT2D eigenvalue weighted by molar-refractivity contribution is 0.733. The highest BCUT2D eigenvalue weighted by Gasteiger charge is 2.15. The number of hydrogen-bond acceptors (Lipinski definition) is 0. The third kappa shape index (κ3) is 3.58. The largest absolute Gasteiger partial charge is 0.113 e. The van der Waals surface area contributed by atoms with E-state index in [1.54, 1.807) is 0 Å². The zero-order valence-corrected chi connectivity index (χ0v) is 14.6. The van der Waals surface area contributed by atoms with Crippen LogP contribution in [-0.4, -0.2) is 0 Å². The molecule has 0 aromatic heterocycles. The molecule has 0 bridgehead atoms. The lowest BCUT2D eigenvalue weighted by Gasteiger charge is -2.14. The van der Waals surface area contributed by atoms with E-state index in [9.17, 15) is 0 Å². The standard InChI is InChI=1S/C17H17BrCl2/c1-3-11(2)12-4-6-13(7-5-12)17(20)15-9-8-14(18)10-16(15)19/h4-11,17H,3H2,1-2H3. The zero-order valence-electron chi connectivity index (χ0n) is 11.5. The third-order valence-corrected chi connectivity index (χ3v) is 4.95. The monoisotopic (exact) mass is 370 g/mol. The summed E-state index contributed by atoms with van der Waals surface area (Å²) in [6.07, 6.45) is 1.14. The second-order valence-electron chi connectivity index (χ2n) is 5.00. The Labute approximate surface area is 139 Å². The molecule has 0 heterocycles. The van der Waals surface area contributed by atoms with Crippen molar-refractivity contribution in [2.24, 2.45) is 0 Å². The molecule has 0 radical (unpaired) electrons. The SMILES string of the molecule is CCC(C)c1ccc(C(Cl)c2ccc(Br)cc2Cl)cc1. The molecule has 0 nitrogen and oxygen atoms in total. The van der Waals surface area contributed by atoms with Crippen molar-refractivity contribution in [3.05, 3.63) is 68.7 Å². The van der Waals surface area contributed by atoms with Crippen LogP contribution in [0.1, 0.15) is 48.3 Å². The zero-order chi connectivity index (χ0) is 14.7. The molecule has 0 saturated heterocycles. The maximum absolute atomic E-state index is 6.56. The summed E-state index contributed by atoms with van der Waals surface area (Å²) in [6.45, 7) is 4.43. The molecule has 2 aromatic carbocycles. The Hall–Kier alpha value is -0.500. The molecule has 0 amide bonds. The molecule has 20 heavy (non-hydrogen) atoms. The van der Waals surface area contributed by atoms with Crippen molar-refractivity contribution in [3.8, 4) is 0 Å². The van der Waals surface area contributed by atoms with E-state index >= 15 is 0 Å². The first-order valence-electron chi connectivity index (χ1n) is 6.71. The Bertz CT molecular complexity index is 578. The number of halogens is 3. The maximum atomic E-state index is 6.56. The Balaban J connectivity index is 2.26. The van der Waals surface area contributed by atoms with E-state index in [0.717, 1.165) is 22.0 Å². The van der Waals surface area contributed by atoms with Gasteiger partial charge in [0.05, 0.1) is 5.38 Å². The predicted molar refractivity (Wildman–Crippen MR) is 92.0 cm³/mol. The van der Waals surface area contributed by atoms with Crippen LogP contribution in [0.15, 0.2) is 46.9 Å². The predicted octanol–water partition coefficient (Wildman–Crippen LogP) is 6.94. The molecule has 0 aliphatic heterocycles. The van der Waals surface area contributed by atoms with Gasteiger partial charge in [0, 0.05) is 9.50 Å². The molecular weight excluding hydrogens is 355 g/mol. The lowest BCUT2D eigenvalue weighted by Crippen LogP contribution is -1.96. The van der Waals surface area contributed by atoms with Crippen molar-refractivity contribution in [2.75, 3.05) is 0 Å². The molecular formula is C17H17BrCl2. The van der Waals surface area contributed by atoms with E-state index in [1.807, 2.05) is 18.2 Å². The van der Waals surface area contributed by atoms with Crippen LogP contribution in [0.4, 0.5) is 0 Å². The first-order chi connectivity index (χ1) is 9.52. The Kier molecular flexibility index (Phi) is 5.54. The fraction of sp³-hybridized carbons (Fsp3) is 0.294. The van der Waals surface area contributed by atoms with Crippen LogP contribution >= 0.6 is 39.1 Å². The molecule has 0 fully saturated rings. The van der Waals surface area contributed by atoms with Crippen molar-refractivity contribution in [1.82, 2.24) is 0 Å². The van der Waals surface area contributed by atoms with Crippen molar-refractivity contribution < 1.29 is 0 Å². The summed E-state index contributed by atoms with van der Waals surface area (Å²) in [6, 6.07) is 14.3. The minimum absolute atomic E-state index is 0.221. The fourth-order valence-electron chi connectivity index (χ4n) is 2.12.